The first-order valence-corrected chi connectivity index (χ1v) is 7.94. The van der Waals surface area contributed by atoms with Gasteiger partial charge in [0.2, 0.25) is 0 Å². The zero-order valence-corrected chi connectivity index (χ0v) is 12.4. The summed E-state index contributed by atoms with van der Waals surface area (Å²) in [5.74, 6) is 1.10. The van der Waals surface area contributed by atoms with E-state index in [2.05, 4.69) is 14.8 Å². The van der Waals surface area contributed by atoms with Gasteiger partial charge in [0.25, 0.3) is 0 Å². The maximum atomic E-state index is 9.86. The van der Waals surface area contributed by atoms with E-state index in [9.17, 15) is 5.11 Å². The van der Waals surface area contributed by atoms with E-state index in [1.54, 1.807) is 18.7 Å². The summed E-state index contributed by atoms with van der Waals surface area (Å²) in [5.41, 5.74) is 0.948. The molecule has 0 spiro atoms. The molecule has 2 aromatic rings. The van der Waals surface area contributed by atoms with Crippen LogP contribution in [-0.4, -0.2) is 19.9 Å². The van der Waals surface area contributed by atoms with Crippen LogP contribution in [0.4, 0.5) is 0 Å². The van der Waals surface area contributed by atoms with E-state index in [0.717, 1.165) is 34.4 Å². The molecule has 3 rings (SSSR count). The van der Waals surface area contributed by atoms with Gasteiger partial charge in [-0.3, -0.25) is 0 Å². The second-order valence-corrected chi connectivity index (χ2v) is 6.19. The molecule has 1 aromatic heterocycles. The van der Waals surface area contributed by atoms with Crippen LogP contribution < -0.4 is 0 Å². The zero-order chi connectivity index (χ0) is 13.9. The number of aliphatic hydroxyl groups is 1. The van der Waals surface area contributed by atoms with Crippen molar-refractivity contribution in [2.45, 2.75) is 55.3 Å². The zero-order valence-electron chi connectivity index (χ0n) is 11.6. The Bertz CT molecular complexity index is 595. The quantitative estimate of drug-likeness (QED) is 0.942. The summed E-state index contributed by atoms with van der Waals surface area (Å²) in [5, 5.41) is 19.4. The Balaban J connectivity index is 1.90. The van der Waals surface area contributed by atoms with Crippen molar-refractivity contribution in [2.24, 2.45) is 0 Å². The molecule has 1 atom stereocenters. The van der Waals surface area contributed by atoms with E-state index in [-0.39, 0.29) is 0 Å². The van der Waals surface area contributed by atoms with Crippen molar-refractivity contribution in [1.82, 2.24) is 14.8 Å². The van der Waals surface area contributed by atoms with Crippen LogP contribution in [0.1, 0.15) is 43.7 Å². The fourth-order valence-electron chi connectivity index (χ4n) is 2.55. The van der Waals surface area contributed by atoms with Gasteiger partial charge in [-0.1, -0.05) is 24.6 Å². The number of rotatable bonds is 3. The summed E-state index contributed by atoms with van der Waals surface area (Å²) < 4.78 is 2.23. The number of aromatic nitrogens is 3. The Kier molecular flexibility index (Phi) is 4.08. The molecule has 0 saturated heterocycles. The molecule has 0 bridgehead atoms. The molecule has 20 heavy (non-hydrogen) atoms. The molecule has 0 radical (unpaired) electrons. The lowest BCUT2D eigenvalue weighted by Gasteiger charge is -2.11. The molecule has 5 heteroatoms. The van der Waals surface area contributed by atoms with Gasteiger partial charge in [-0.15, -0.1) is 10.2 Å². The maximum absolute atomic E-state index is 9.86. The van der Waals surface area contributed by atoms with E-state index in [1.165, 1.54) is 19.3 Å². The smallest absolute Gasteiger partial charge is 0.196 e. The summed E-state index contributed by atoms with van der Waals surface area (Å²) in [4.78, 5) is 1.06. The van der Waals surface area contributed by atoms with Crippen LogP contribution in [0.2, 0.25) is 0 Å². The first-order chi connectivity index (χ1) is 9.75. The first kappa shape index (κ1) is 13.6. The minimum absolute atomic E-state index is 0.467. The summed E-state index contributed by atoms with van der Waals surface area (Å²) >= 11 is 1.60. The Morgan fingerprint density at radius 2 is 2.05 bits per heavy atom. The fourth-order valence-corrected chi connectivity index (χ4v) is 3.64. The van der Waals surface area contributed by atoms with Crippen molar-refractivity contribution in [3.63, 3.8) is 0 Å². The van der Waals surface area contributed by atoms with E-state index >= 15 is 0 Å². The SMILES string of the molecule is C[C@H](O)c1ccccc1Sc1nnc2n1CCCCC2. The number of aliphatic hydroxyl groups excluding tert-OH is 1. The lowest BCUT2D eigenvalue weighted by atomic mass is 10.1. The van der Waals surface area contributed by atoms with E-state index in [1.807, 2.05) is 24.3 Å². The average molecular weight is 289 g/mol. The Hall–Kier alpha value is -1.33. The van der Waals surface area contributed by atoms with Crippen LogP contribution in [0.3, 0.4) is 0 Å². The molecule has 0 aliphatic carbocycles. The van der Waals surface area contributed by atoms with E-state index in [0.29, 0.717) is 0 Å². The molecule has 0 saturated carbocycles. The molecule has 0 amide bonds. The minimum Gasteiger partial charge on any atom is -0.389 e. The Morgan fingerprint density at radius 3 is 2.90 bits per heavy atom. The monoisotopic (exact) mass is 289 g/mol. The van der Waals surface area contributed by atoms with Gasteiger partial charge in [0.1, 0.15) is 5.82 Å². The maximum Gasteiger partial charge on any atom is 0.196 e. The van der Waals surface area contributed by atoms with Crippen molar-refractivity contribution in [2.75, 3.05) is 0 Å². The molecule has 1 N–H and O–H groups in total. The van der Waals surface area contributed by atoms with Crippen LogP contribution in [0.25, 0.3) is 0 Å². The van der Waals surface area contributed by atoms with E-state index < -0.39 is 6.10 Å². The van der Waals surface area contributed by atoms with Crippen LogP contribution in [0.5, 0.6) is 0 Å². The average Bonchev–Trinajstić information content (AvgIpc) is 2.68. The van der Waals surface area contributed by atoms with E-state index in [4.69, 9.17) is 0 Å². The molecule has 2 heterocycles. The normalized spacial score (nSPS) is 16.5. The number of aryl methyl sites for hydroxylation is 1. The van der Waals surface area contributed by atoms with Crippen LogP contribution in [0.15, 0.2) is 34.3 Å². The van der Waals surface area contributed by atoms with Crippen molar-refractivity contribution < 1.29 is 5.11 Å². The van der Waals surface area contributed by atoms with Gasteiger partial charge in [-0.25, -0.2) is 0 Å². The molecule has 1 aliphatic heterocycles. The summed E-state index contributed by atoms with van der Waals surface area (Å²) in [7, 11) is 0. The molecule has 1 aliphatic rings. The molecule has 0 fully saturated rings. The number of fused-ring (bicyclic) bond motifs is 1. The summed E-state index contributed by atoms with van der Waals surface area (Å²) in [6, 6.07) is 7.95. The molecule has 106 valence electrons. The third-order valence-corrected chi connectivity index (χ3v) is 4.72. The highest BCUT2D eigenvalue weighted by Crippen LogP contribution is 2.33. The standard InChI is InChI=1S/C15H19N3OS/c1-11(19)12-7-4-5-8-13(12)20-15-17-16-14-9-3-2-6-10-18(14)15/h4-5,7-8,11,19H,2-3,6,9-10H2,1H3/t11-/m0/s1. The number of hydrogen-bond acceptors (Lipinski definition) is 4. The third kappa shape index (κ3) is 2.74. The largest absolute Gasteiger partial charge is 0.389 e. The van der Waals surface area contributed by atoms with Crippen molar-refractivity contribution >= 4 is 11.8 Å². The second-order valence-electron chi connectivity index (χ2n) is 5.18. The second kappa shape index (κ2) is 5.97. The number of hydrogen-bond donors (Lipinski definition) is 1. The van der Waals surface area contributed by atoms with Gasteiger partial charge in [-0.05, 0) is 43.2 Å². The molecular weight excluding hydrogens is 270 g/mol. The summed E-state index contributed by atoms with van der Waals surface area (Å²) in [6.45, 7) is 2.80. The Morgan fingerprint density at radius 1 is 1.20 bits per heavy atom. The highest BCUT2D eigenvalue weighted by Gasteiger charge is 2.17. The molecule has 0 unspecified atom stereocenters. The van der Waals surface area contributed by atoms with Crippen LogP contribution in [-0.2, 0) is 13.0 Å². The highest BCUT2D eigenvalue weighted by molar-refractivity contribution is 7.99. The van der Waals surface area contributed by atoms with Crippen LogP contribution >= 0.6 is 11.8 Å². The van der Waals surface area contributed by atoms with Crippen molar-refractivity contribution in [3.8, 4) is 0 Å². The van der Waals surface area contributed by atoms with Gasteiger partial charge < -0.3 is 9.67 Å². The van der Waals surface area contributed by atoms with Crippen molar-refractivity contribution in [1.29, 1.82) is 0 Å². The lowest BCUT2D eigenvalue weighted by Crippen LogP contribution is -2.02. The van der Waals surface area contributed by atoms with Gasteiger partial charge in [-0.2, -0.15) is 0 Å². The summed E-state index contributed by atoms with van der Waals surface area (Å²) in [6.07, 6.45) is 4.21. The topological polar surface area (TPSA) is 50.9 Å². The number of nitrogens with zero attached hydrogens (tertiary/aromatic N) is 3. The highest BCUT2D eigenvalue weighted by atomic mass is 32.2. The fraction of sp³-hybridized carbons (Fsp3) is 0.467. The van der Waals surface area contributed by atoms with Gasteiger partial charge in [0, 0.05) is 17.9 Å². The predicted octanol–water partition coefficient (Wildman–Crippen LogP) is 3.21. The third-order valence-electron chi connectivity index (χ3n) is 3.65. The number of benzene rings is 1. The minimum atomic E-state index is -0.467. The van der Waals surface area contributed by atoms with Crippen molar-refractivity contribution in [3.05, 3.63) is 35.7 Å². The van der Waals surface area contributed by atoms with Crippen LogP contribution in [0, 0.1) is 0 Å². The lowest BCUT2D eigenvalue weighted by molar-refractivity contribution is 0.196. The Labute approximate surface area is 123 Å². The van der Waals surface area contributed by atoms with Gasteiger partial charge in [0.15, 0.2) is 5.16 Å². The molecular formula is C15H19N3OS. The van der Waals surface area contributed by atoms with Gasteiger partial charge >= 0.3 is 0 Å². The molecule has 4 nitrogen and oxygen atoms in total. The molecule has 1 aromatic carbocycles. The predicted molar refractivity (Wildman–Crippen MR) is 78.8 cm³/mol. The first-order valence-electron chi connectivity index (χ1n) is 7.12. The van der Waals surface area contributed by atoms with Gasteiger partial charge in [0.05, 0.1) is 6.10 Å².